The quantitative estimate of drug-likeness (QED) is 0.804. The van der Waals surface area contributed by atoms with Crippen molar-refractivity contribution in [3.05, 3.63) is 35.4 Å². The minimum atomic E-state index is -4.59. The SMILES string of the molecule is CCOC1CC(NC(=O)Cc2ccccc2C(F)(F)F)(C(=O)O)C1(C)C. The van der Waals surface area contributed by atoms with Gasteiger partial charge in [0.05, 0.1) is 18.1 Å². The first kappa shape index (κ1) is 20.2. The molecule has 0 spiro atoms. The van der Waals surface area contributed by atoms with Crippen LogP contribution in [-0.4, -0.2) is 35.2 Å². The number of carboxylic acids is 1. The number of halogens is 3. The molecule has 1 aromatic rings. The van der Waals surface area contributed by atoms with E-state index in [1.807, 2.05) is 0 Å². The van der Waals surface area contributed by atoms with Crippen molar-refractivity contribution < 1.29 is 32.6 Å². The zero-order valence-electron chi connectivity index (χ0n) is 14.8. The second kappa shape index (κ2) is 6.90. The summed E-state index contributed by atoms with van der Waals surface area (Å²) in [5.74, 6) is -2.00. The summed E-state index contributed by atoms with van der Waals surface area (Å²) in [6, 6.07) is 4.76. The summed E-state index contributed by atoms with van der Waals surface area (Å²) in [6.07, 6.45) is -5.43. The molecule has 0 radical (unpaired) electrons. The van der Waals surface area contributed by atoms with Crippen molar-refractivity contribution in [3.8, 4) is 0 Å². The van der Waals surface area contributed by atoms with Gasteiger partial charge in [0.15, 0.2) is 0 Å². The van der Waals surface area contributed by atoms with Crippen LogP contribution in [0.15, 0.2) is 24.3 Å². The van der Waals surface area contributed by atoms with E-state index in [9.17, 15) is 27.9 Å². The molecular weight excluding hydrogens is 351 g/mol. The lowest BCUT2D eigenvalue weighted by molar-refractivity contribution is -0.194. The molecule has 5 nitrogen and oxygen atoms in total. The third-order valence-corrected chi connectivity index (χ3v) is 5.16. The highest BCUT2D eigenvalue weighted by atomic mass is 19.4. The van der Waals surface area contributed by atoms with Gasteiger partial charge in [-0.15, -0.1) is 0 Å². The molecule has 8 heteroatoms. The largest absolute Gasteiger partial charge is 0.479 e. The van der Waals surface area contributed by atoms with Crippen molar-refractivity contribution >= 4 is 11.9 Å². The molecule has 0 bridgehead atoms. The van der Waals surface area contributed by atoms with Crippen molar-refractivity contribution in [3.63, 3.8) is 0 Å². The molecule has 2 rings (SSSR count). The number of amides is 1. The number of carbonyl (C=O) groups is 2. The summed E-state index contributed by atoms with van der Waals surface area (Å²) in [4.78, 5) is 24.2. The Morgan fingerprint density at radius 3 is 2.42 bits per heavy atom. The van der Waals surface area contributed by atoms with Crippen molar-refractivity contribution in [2.24, 2.45) is 5.41 Å². The molecule has 2 unspecified atom stereocenters. The second-order valence-electron chi connectivity index (χ2n) is 6.96. The molecule has 0 aromatic heterocycles. The molecule has 0 aliphatic heterocycles. The molecule has 0 saturated heterocycles. The predicted octanol–water partition coefficient (Wildman–Crippen LogP) is 3.02. The normalized spacial score (nSPS) is 24.6. The highest BCUT2D eigenvalue weighted by molar-refractivity contribution is 5.90. The molecule has 2 N–H and O–H groups in total. The Morgan fingerprint density at radius 1 is 1.31 bits per heavy atom. The lowest BCUT2D eigenvalue weighted by Crippen LogP contribution is -2.76. The van der Waals surface area contributed by atoms with Gasteiger partial charge in [-0.2, -0.15) is 13.2 Å². The van der Waals surface area contributed by atoms with Gasteiger partial charge in [-0.1, -0.05) is 32.0 Å². The van der Waals surface area contributed by atoms with E-state index in [1.165, 1.54) is 18.2 Å². The Hall–Kier alpha value is -2.09. The molecule has 1 aromatic carbocycles. The summed E-state index contributed by atoms with van der Waals surface area (Å²) < 4.78 is 44.7. The number of ether oxygens (including phenoxy) is 1. The number of carbonyl (C=O) groups excluding carboxylic acids is 1. The van der Waals surface area contributed by atoms with E-state index in [2.05, 4.69) is 5.32 Å². The fourth-order valence-electron chi connectivity index (χ4n) is 3.44. The van der Waals surface area contributed by atoms with Gasteiger partial charge in [-0.05, 0) is 18.6 Å². The lowest BCUT2D eigenvalue weighted by Gasteiger charge is -2.58. The molecule has 1 amide bonds. The third-order valence-electron chi connectivity index (χ3n) is 5.16. The average Bonchev–Trinajstić information content (AvgIpc) is 2.52. The Kier molecular flexibility index (Phi) is 5.37. The number of rotatable bonds is 6. The van der Waals surface area contributed by atoms with Crippen molar-refractivity contribution in [1.29, 1.82) is 0 Å². The number of carboxylic acid groups (broad SMARTS) is 1. The minimum absolute atomic E-state index is 0.0653. The van der Waals surface area contributed by atoms with Crippen molar-refractivity contribution in [2.75, 3.05) is 6.61 Å². The fraction of sp³-hybridized carbons (Fsp3) is 0.556. The Balaban J connectivity index is 2.20. The molecule has 26 heavy (non-hydrogen) atoms. The van der Waals surface area contributed by atoms with E-state index in [-0.39, 0.29) is 18.1 Å². The molecule has 1 saturated carbocycles. The maximum atomic E-state index is 13.1. The van der Waals surface area contributed by atoms with Crippen LogP contribution < -0.4 is 5.32 Å². The van der Waals surface area contributed by atoms with E-state index in [0.717, 1.165) is 6.07 Å². The van der Waals surface area contributed by atoms with E-state index >= 15 is 0 Å². The lowest BCUT2D eigenvalue weighted by atomic mass is 9.54. The number of nitrogens with one attached hydrogen (secondary N) is 1. The number of alkyl halides is 3. The van der Waals surface area contributed by atoms with Crippen LogP contribution in [0.5, 0.6) is 0 Å². The number of hydrogen-bond acceptors (Lipinski definition) is 3. The molecule has 1 aliphatic rings. The van der Waals surface area contributed by atoms with Gasteiger partial charge >= 0.3 is 12.1 Å². The molecule has 2 atom stereocenters. The van der Waals surface area contributed by atoms with Gasteiger partial charge < -0.3 is 15.2 Å². The van der Waals surface area contributed by atoms with E-state index in [4.69, 9.17) is 4.74 Å². The predicted molar refractivity (Wildman–Crippen MR) is 87.5 cm³/mol. The van der Waals surface area contributed by atoms with Crippen molar-refractivity contribution in [2.45, 2.75) is 51.4 Å². The molecule has 1 aliphatic carbocycles. The van der Waals surface area contributed by atoms with Gasteiger partial charge in [-0.3, -0.25) is 4.79 Å². The Labute approximate surface area is 149 Å². The maximum Gasteiger partial charge on any atom is 0.416 e. The molecule has 144 valence electrons. The fourth-order valence-corrected chi connectivity index (χ4v) is 3.44. The highest BCUT2D eigenvalue weighted by Gasteiger charge is 2.66. The first-order valence-corrected chi connectivity index (χ1v) is 8.27. The monoisotopic (exact) mass is 373 g/mol. The maximum absolute atomic E-state index is 13.1. The second-order valence-corrected chi connectivity index (χ2v) is 6.96. The Morgan fingerprint density at radius 2 is 1.92 bits per heavy atom. The summed E-state index contributed by atoms with van der Waals surface area (Å²) in [7, 11) is 0. The van der Waals surface area contributed by atoms with Gasteiger partial charge in [0.2, 0.25) is 5.91 Å². The molecule has 1 fully saturated rings. The van der Waals surface area contributed by atoms with E-state index in [1.54, 1.807) is 20.8 Å². The smallest absolute Gasteiger partial charge is 0.416 e. The summed E-state index contributed by atoms with van der Waals surface area (Å²) in [6.45, 7) is 5.50. The van der Waals surface area contributed by atoms with Gasteiger partial charge in [0.1, 0.15) is 5.54 Å². The first-order chi connectivity index (χ1) is 12.0. The van der Waals surface area contributed by atoms with Gasteiger partial charge in [0, 0.05) is 18.4 Å². The van der Waals surface area contributed by atoms with Gasteiger partial charge in [-0.25, -0.2) is 4.79 Å². The van der Waals surface area contributed by atoms with Crippen LogP contribution in [-0.2, 0) is 26.9 Å². The van der Waals surface area contributed by atoms with Crippen LogP contribution in [0.2, 0.25) is 0 Å². The molecular formula is C18H22F3NO4. The van der Waals surface area contributed by atoms with Crippen LogP contribution in [0.25, 0.3) is 0 Å². The van der Waals surface area contributed by atoms with E-state index < -0.39 is 41.0 Å². The van der Waals surface area contributed by atoms with Crippen LogP contribution in [0.1, 0.15) is 38.3 Å². The highest BCUT2D eigenvalue weighted by Crippen LogP contribution is 2.51. The van der Waals surface area contributed by atoms with E-state index in [0.29, 0.717) is 6.61 Å². The topological polar surface area (TPSA) is 75.6 Å². The summed E-state index contributed by atoms with van der Waals surface area (Å²) >= 11 is 0. The summed E-state index contributed by atoms with van der Waals surface area (Å²) in [5, 5.41) is 12.1. The average molecular weight is 373 g/mol. The van der Waals surface area contributed by atoms with Crippen molar-refractivity contribution in [1.82, 2.24) is 5.32 Å². The zero-order chi connectivity index (χ0) is 19.8. The standard InChI is InChI=1S/C18H22F3NO4/c1-4-26-13-10-17(15(24)25,16(13,2)3)22-14(23)9-11-7-5-6-8-12(11)18(19,20)21/h5-8,13H,4,9-10H2,1-3H3,(H,22,23)(H,24,25). The summed E-state index contributed by atoms with van der Waals surface area (Å²) in [5.41, 5.74) is -3.57. The first-order valence-electron chi connectivity index (χ1n) is 8.27. The van der Waals surface area contributed by atoms with Crippen LogP contribution >= 0.6 is 0 Å². The number of benzene rings is 1. The number of aliphatic carboxylic acids is 1. The van der Waals surface area contributed by atoms with Crippen LogP contribution in [0, 0.1) is 5.41 Å². The third kappa shape index (κ3) is 3.42. The molecule has 0 heterocycles. The zero-order valence-corrected chi connectivity index (χ0v) is 14.8. The number of hydrogen-bond donors (Lipinski definition) is 2. The minimum Gasteiger partial charge on any atom is -0.479 e. The van der Waals surface area contributed by atoms with Crippen LogP contribution in [0.4, 0.5) is 13.2 Å². The Bertz CT molecular complexity index is 702. The van der Waals surface area contributed by atoms with Gasteiger partial charge in [0.25, 0.3) is 0 Å². The van der Waals surface area contributed by atoms with Crippen LogP contribution in [0.3, 0.4) is 0 Å².